The predicted octanol–water partition coefficient (Wildman–Crippen LogP) is 5.69. The van der Waals surface area contributed by atoms with Gasteiger partial charge in [-0.2, -0.15) is 0 Å². The van der Waals surface area contributed by atoms with Crippen molar-refractivity contribution >= 4 is 10.1 Å². The summed E-state index contributed by atoms with van der Waals surface area (Å²) in [6.45, 7) is 7.63. The van der Waals surface area contributed by atoms with E-state index in [2.05, 4.69) is 89.3 Å². The van der Waals surface area contributed by atoms with E-state index >= 15 is 0 Å². The average molecular weight is 676 g/mol. The van der Waals surface area contributed by atoms with Crippen molar-refractivity contribution in [1.29, 1.82) is 0 Å². The van der Waals surface area contributed by atoms with Crippen LogP contribution < -0.4 is 9.13 Å². The van der Waals surface area contributed by atoms with Crippen LogP contribution in [0.2, 0.25) is 0 Å². The van der Waals surface area contributed by atoms with Gasteiger partial charge in [0.2, 0.25) is 0 Å². The molecule has 0 aromatic carbocycles. The first-order valence-corrected chi connectivity index (χ1v) is 18.6. The molecule has 4 rings (SSSR count). The number of aromatic nitrogens is 4. The third kappa shape index (κ3) is 12.5. The first-order chi connectivity index (χ1) is 23.3. The van der Waals surface area contributed by atoms with Gasteiger partial charge in [-0.3, -0.25) is 9.97 Å². The van der Waals surface area contributed by atoms with Crippen molar-refractivity contribution in [3.8, 4) is 0 Å². The van der Waals surface area contributed by atoms with Crippen LogP contribution in [0, 0.1) is 0 Å². The van der Waals surface area contributed by atoms with Crippen LogP contribution in [0.3, 0.4) is 0 Å². The lowest BCUT2D eigenvalue weighted by Gasteiger charge is -2.29. The topological polar surface area (TPSA) is 109 Å². The van der Waals surface area contributed by atoms with Crippen LogP contribution >= 0.6 is 0 Å². The minimum atomic E-state index is -4.22. The van der Waals surface area contributed by atoms with Crippen LogP contribution in [0.15, 0.2) is 98.1 Å². The summed E-state index contributed by atoms with van der Waals surface area (Å²) in [7, 11) is -2.54. The molecule has 10 heteroatoms. The molecule has 258 valence electrons. The standard InChI is InChI=1S/C38H51N4O5S/c1-4-32(34-8-16-40-17-9-34)29-38(36-10-19-41(20-11-36)18-5-27-48(43,44)45)30-37(28-31(2)33-6-14-39-15-7-33)35-12-21-42(22-13-35)23-24-47-26-25-46-3/h6-17,19-22,31-32,37-38H,4-5,18,23-30H2,1-3H3/q+1. The summed E-state index contributed by atoms with van der Waals surface area (Å²) in [5, 5.41) is 0. The highest BCUT2D eigenvalue weighted by atomic mass is 32.2. The van der Waals surface area contributed by atoms with Gasteiger partial charge in [0.05, 0.1) is 23.3 Å². The highest BCUT2D eigenvalue weighted by Gasteiger charge is 2.26. The zero-order valence-corrected chi connectivity index (χ0v) is 29.4. The Morgan fingerprint density at radius 3 is 1.73 bits per heavy atom. The van der Waals surface area contributed by atoms with Gasteiger partial charge in [0, 0.05) is 68.3 Å². The largest absolute Gasteiger partial charge is 0.748 e. The number of pyridine rings is 4. The molecular formula is C38H51N4O5S+. The quantitative estimate of drug-likeness (QED) is 0.0635. The van der Waals surface area contributed by atoms with E-state index in [1.165, 1.54) is 22.3 Å². The summed E-state index contributed by atoms with van der Waals surface area (Å²) in [6.07, 6.45) is 20.1. The van der Waals surface area contributed by atoms with Crippen molar-refractivity contribution in [2.24, 2.45) is 0 Å². The fourth-order valence-electron chi connectivity index (χ4n) is 6.47. The molecule has 4 aromatic heterocycles. The Labute approximate surface area is 286 Å². The second-order valence-corrected chi connectivity index (χ2v) is 14.2. The molecule has 0 aliphatic heterocycles. The summed E-state index contributed by atoms with van der Waals surface area (Å²) in [5.41, 5.74) is 5.17. The third-order valence-corrected chi connectivity index (χ3v) is 10.0. The number of aryl methyl sites for hydroxylation is 1. The fourth-order valence-corrected chi connectivity index (χ4v) is 6.95. The maximum Gasteiger partial charge on any atom is 0.171 e. The Morgan fingerprint density at radius 1 is 0.688 bits per heavy atom. The lowest BCUT2D eigenvalue weighted by Crippen LogP contribution is -2.35. The Bertz CT molecular complexity index is 1570. The Morgan fingerprint density at radius 2 is 1.19 bits per heavy atom. The summed E-state index contributed by atoms with van der Waals surface area (Å²) in [5.74, 6) is 0.940. The third-order valence-electron chi connectivity index (χ3n) is 9.23. The van der Waals surface area contributed by atoms with Crippen molar-refractivity contribution in [2.45, 2.75) is 82.7 Å². The van der Waals surface area contributed by atoms with Gasteiger partial charge in [-0.15, -0.1) is 0 Å². The summed E-state index contributed by atoms with van der Waals surface area (Å²) in [6, 6.07) is 17.4. The SMILES string of the molecule is CCC(CC(CC(CC(C)c1ccncc1)c1cc[n+](CCOCCOC)cc1)c1cc[n+](CCCS(=O)(=O)[O-])cc1)c1ccncc1. The molecule has 4 atom stereocenters. The molecule has 0 aliphatic rings. The highest BCUT2D eigenvalue weighted by molar-refractivity contribution is 7.85. The number of hydrogen-bond acceptors (Lipinski definition) is 7. The summed E-state index contributed by atoms with van der Waals surface area (Å²) < 4.78 is 48.3. The van der Waals surface area contributed by atoms with Gasteiger partial charge >= 0.3 is 0 Å². The number of ether oxygens (including phenoxy) is 2. The lowest BCUT2D eigenvalue weighted by molar-refractivity contribution is -0.698. The molecule has 0 amide bonds. The molecule has 48 heavy (non-hydrogen) atoms. The van der Waals surface area contributed by atoms with E-state index < -0.39 is 10.1 Å². The van der Waals surface area contributed by atoms with Crippen LogP contribution in [0.5, 0.6) is 0 Å². The number of hydrogen-bond donors (Lipinski definition) is 0. The summed E-state index contributed by atoms with van der Waals surface area (Å²) in [4.78, 5) is 8.50. The van der Waals surface area contributed by atoms with Crippen molar-refractivity contribution in [3.05, 3.63) is 120 Å². The first kappa shape index (κ1) is 37.3. The van der Waals surface area contributed by atoms with Crippen molar-refractivity contribution in [2.75, 3.05) is 32.7 Å². The van der Waals surface area contributed by atoms with Crippen LogP contribution in [0.25, 0.3) is 0 Å². The normalized spacial score (nSPS) is 14.3. The van der Waals surface area contributed by atoms with Crippen molar-refractivity contribution < 1.29 is 31.6 Å². The Balaban J connectivity index is 1.61. The summed E-state index contributed by atoms with van der Waals surface area (Å²) >= 11 is 0. The van der Waals surface area contributed by atoms with Crippen LogP contribution in [0.4, 0.5) is 0 Å². The van der Waals surface area contributed by atoms with Gasteiger partial charge < -0.3 is 14.0 Å². The highest BCUT2D eigenvalue weighted by Crippen LogP contribution is 2.41. The van der Waals surface area contributed by atoms with Crippen LogP contribution in [-0.4, -0.2) is 55.6 Å². The molecule has 4 heterocycles. The average Bonchev–Trinajstić information content (AvgIpc) is 3.10. The maximum absolute atomic E-state index is 11.1. The van der Waals surface area contributed by atoms with Gasteiger partial charge in [0.1, 0.15) is 13.2 Å². The number of nitrogens with zero attached hydrogens (tertiary/aromatic N) is 4. The molecule has 0 aliphatic carbocycles. The molecule has 0 saturated carbocycles. The number of rotatable bonds is 21. The van der Waals surface area contributed by atoms with E-state index in [-0.39, 0.29) is 11.7 Å². The van der Waals surface area contributed by atoms with Gasteiger partial charge in [0.15, 0.2) is 31.3 Å². The monoisotopic (exact) mass is 675 g/mol. The van der Waals surface area contributed by atoms with E-state index in [0.717, 1.165) is 32.2 Å². The second-order valence-electron chi connectivity index (χ2n) is 12.6. The van der Waals surface area contributed by atoms with E-state index in [0.29, 0.717) is 50.5 Å². The minimum Gasteiger partial charge on any atom is -0.748 e. The van der Waals surface area contributed by atoms with Crippen LogP contribution in [0.1, 0.15) is 91.9 Å². The van der Waals surface area contributed by atoms with Gasteiger partial charge in [-0.05, 0) is 95.9 Å². The Hall–Kier alpha value is -3.57. The minimum absolute atomic E-state index is 0.274. The van der Waals surface area contributed by atoms with Crippen molar-refractivity contribution in [3.63, 3.8) is 0 Å². The molecule has 0 spiro atoms. The first-order valence-electron chi connectivity index (χ1n) is 17.0. The second kappa shape index (κ2) is 19.4. The molecule has 9 nitrogen and oxygen atoms in total. The molecule has 0 bridgehead atoms. The van der Waals surface area contributed by atoms with E-state index in [9.17, 15) is 13.0 Å². The van der Waals surface area contributed by atoms with Crippen LogP contribution in [-0.2, 0) is 32.7 Å². The fraction of sp³-hybridized carbons (Fsp3) is 0.474. The number of methoxy groups -OCH3 is 1. The van der Waals surface area contributed by atoms with Gasteiger partial charge in [-0.25, -0.2) is 17.6 Å². The molecular weight excluding hydrogens is 625 g/mol. The molecule has 0 saturated heterocycles. The maximum atomic E-state index is 11.1. The molecule has 4 unspecified atom stereocenters. The van der Waals surface area contributed by atoms with E-state index in [4.69, 9.17) is 9.47 Å². The van der Waals surface area contributed by atoms with Gasteiger partial charge in [-0.1, -0.05) is 13.8 Å². The molecule has 0 radical (unpaired) electrons. The van der Waals surface area contributed by atoms with E-state index in [1.807, 2.05) is 41.7 Å². The zero-order valence-electron chi connectivity index (χ0n) is 28.6. The lowest BCUT2D eigenvalue weighted by atomic mass is 9.75. The molecule has 0 fully saturated rings. The molecule has 0 N–H and O–H groups in total. The predicted molar refractivity (Wildman–Crippen MR) is 184 cm³/mol. The zero-order chi connectivity index (χ0) is 34.2. The van der Waals surface area contributed by atoms with E-state index in [1.54, 1.807) is 7.11 Å². The van der Waals surface area contributed by atoms with Crippen molar-refractivity contribution in [1.82, 2.24) is 9.97 Å². The van der Waals surface area contributed by atoms with Gasteiger partial charge in [0.25, 0.3) is 0 Å². The Kier molecular flexibility index (Phi) is 15.1. The molecule has 4 aromatic rings. The smallest absolute Gasteiger partial charge is 0.171 e.